The summed E-state index contributed by atoms with van der Waals surface area (Å²) >= 11 is 0. The largest absolute Gasteiger partial charge is 0.303 e. The number of hydrogen-bond donors (Lipinski definition) is 0. The van der Waals surface area contributed by atoms with Gasteiger partial charge in [0.2, 0.25) is 0 Å². The number of rotatable bonds is 2. The molecule has 0 aromatic rings. The van der Waals surface area contributed by atoms with Crippen molar-refractivity contribution in [1.29, 1.82) is 0 Å². The molecule has 0 spiro atoms. The minimum Gasteiger partial charge on any atom is -0.303 e. The molecule has 2 aliphatic heterocycles. The van der Waals surface area contributed by atoms with Gasteiger partial charge >= 0.3 is 0 Å². The summed E-state index contributed by atoms with van der Waals surface area (Å²) < 4.78 is 0. The van der Waals surface area contributed by atoms with Crippen molar-refractivity contribution in [3.8, 4) is 0 Å². The Labute approximate surface area is 133 Å². The van der Waals surface area contributed by atoms with Gasteiger partial charge in [-0.3, -0.25) is 0 Å². The highest BCUT2D eigenvalue weighted by molar-refractivity contribution is 4.84. The third kappa shape index (κ3) is 5.27. The summed E-state index contributed by atoms with van der Waals surface area (Å²) in [7, 11) is 0. The van der Waals surface area contributed by atoms with E-state index in [1.165, 1.54) is 83.8 Å². The van der Waals surface area contributed by atoms with Crippen molar-refractivity contribution in [3.05, 3.63) is 0 Å². The van der Waals surface area contributed by atoms with E-state index in [-0.39, 0.29) is 0 Å². The zero-order valence-electron chi connectivity index (χ0n) is 15.2. The topological polar surface area (TPSA) is 3.24 Å². The molecule has 2 bridgehead atoms. The molecule has 2 saturated heterocycles. The van der Waals surface area contributed by atoms with Gasteiger partial charge in [0.05, 0.1) is 0 Å². The van der Waals surface area contributed by atoms with Crippen LogP contribution in [0.4, 0.5) is 0 Å². The Morgan fingerprint density at radius 2 is 1.67 bits per heavy atom. The first kappa shape index (κ1) is 17.3. The standard InChI is InChI=1S/C20H39N/c1-5-9-19(3)10-6-11-20(4)12-7-18(2)8-15-21(16-13-19)17-14-20/h18H,5-17H2,1-4H3. The Morgan fingerprint density at radius 3 is 2.43 bits per heavy atom. The van der Waals surface area contributed by atoms with Crippen LogP contribution in [0.5, 0.6) is 0 Å². The Hall–Kier alpha value is -0.0400. The zero-order chi connectivity index (χ0) is 15.3. The monoisotopic (exact) mass is 293 g/mol. The van der Waals surface area contributed by atoms with Crippen molar-refractivity contribution >= 4 is 0 Å². The lowest BCUT2D eigenvalue weighted by Gasteiger charge is -2.38. The molecule has 4 atom stereocenters. The van der Waals surface area contributed by atoms with E-state index in [0.29, 0.717) is 10.8 Å². The minimum absolute atomic E-state index is 0.602. The summed E-state index contributed by atoms with van der Waals surface area (Å²) in [5, 5.41) is 0. The van der Waals surface area contributed by atoms with E-state index in [1.54, 1.807) is 0 Å². The molecule has 0 aromatic heterocycles. The van der Waals surface area contributed by atoms with Gasteiger partial charge in [0.1, 0.15) is 0 Å². The molecule has 4 unspecified atom stereocenters. The third-order valence-corrected chi connectivity index (χ3v) is 6.66. The van der Waals surface area contributed by atoms with Crippen molar-refractivity contribution in [2.45, 2.75) is 91.9 Å². The van der Waals surface area contributed by atoms with Crippen molar-refractivity contribution in [3.63, 3.8) is 0 Å². The van der Waals surface area contributed by atoms with Gasteiger partial charge in [0.15, 0.2) is 0 Å². The number of fused-ring (bicyclic) bond motifs is 3. The molecule has 0 radical (unpaired) electrons. The molecule has 1 nitrogen and oxygen atoms in total. The molecule has 1 heteroatoms. The van der Waals surface area contributed by atoms with Crippen LogP contribution in [0.3, 0.4) is 0 Å². The van der Waals surface area contributed by atoms with Gasteiger partial charge in [-0.2, -0.15) is 0 Å². The fourth-order valence-electron chi connectivity index (χ4n) is 4.63. The zero-order valence-corrected chi connectivity index (χ0v) is 15.2. The molecule has 0 N–H and O–H groups in total. The molecule has 0 aromatic carbocycles. The number of nitrogens with zero attached hydrogens (tertiary/aromatic N) is 1. The highest BCUT2D eigenvalue weighted by atomic mass is 15.1. The van der Waals surface area contributed by atoms with Crippen molar-refractivity contribution < 1.29 is 0 Å². The fraction of sp³-hybridized carbons (Fsp3) is 1.00. The van der Waals surface area contributed by atoms with Crippen molar-refractivity contribution in [2.75, 3.05) is 19.6 Å². The molecule has 21 heavy (non-hydrogen) atoms. The van der Waals surface area contributed by atoms with Crippen LogP contribution in [-0.4, -0.2) is 24.5 Å². The van der Waals surface area contributed by atoms with E-state index in [2.05, 4.69) is 32.6 Å². The van der Waals surface area contributed by atoms with E-state index >= 15 is 0 Å². The summed E-state index contributed by atoms with van der Waals surface area (Å²) in [6.07, 6.45) is 14.4. The van der Waals surface area contributed by atoms with Crippen LogP contribution in [-0.2, 0) is 0 Å². The van der Waals surface area contributed by atoms with Crippen LogP contribution in [0, 0.1) is 16.7 Å². The molecular weight excluding hydrogens is 254 g/mol. The molecule has 2 heterocycles. The summed E-state index contributed by atoms with van der Waals surface area (Å²) in [5.74, 6) is 0.924. The fourth-order valence-corrected chi connectivity index (χ4v) is 4.63. The van der Waals surface area contributed by atoms with E-state index in [1.807, 2.05) is 0 Å². The first-order chi connectivity index (χ1) is 9.95. The molecule has 124 valence electrons. The third-order valence-electron chi connectivity index (χ3n) is 6.66. The summed E-state index contributed by atoms with van der Waals surface area (Å²) in [5.41, 5.74) is 1.21. The van der Waals surface area contributed by atoms with E-state index in [4.69, 9.17) is 0 Å². The quantitative estimate of drug-likeness (QED) is 0.614. The van der Waals surface area contributed by atoms with Gasteiger partial charge in [-0.05, 0) is 81.3 Å². The predicted octanol–water partition coefficient (Wildman–Crippen LogP) is 5.89. The second-order valence-electron chi connectivity index (χ2n) is 9.00. The predicted molar refractivity (Wildman–Crippen MR) is 93.7 cm³/mol. The van der Waals surface area contributed by atoms with Gasteiger partial charge in [-0.1, -0.05) is 47.0 Å². The van der Waals surface area contributed by atoms with Crippen LogP contribution < -0.4 is 0 Å². The van der Waals surface area contributed by atoms with E-state index < -0.39 is 0 Å². The SMILES string of the molecule is CCCC1(C)CCCC2(C)CCC(C)CCN(CC1)CC2. The summed E-state index contributed by atoms with van der Waals surface area (Å²) in [6, 6.07) is 0. The Balaban J connectivity index is 2.11. The van der Waals surface area contributed by atoms with Gasteiger partial charge in [0.25, 0.3) is 0 Å². The highest BCUT2D eigenvalue weighted by Crippen LogP contribution is 2.41. The van der Waals surface area contributed by atoms with E-state index in [0.717, 1.165) is 5.92 Å². The van der Waals surface area contributed by atoms with Crippen molar-refractivity contribution in [1.82, 2.24) is 4.90 Å². The van der Waals surface area contributed by atoms with E-state index in [9.17, 15) is 0 Å². The normalized spacial score (nSPS) is 42.9. The Bertz CT molecular complexity index is 313. The minimum atomic E-state index is 0.602. The Morgan fingerprint density at radius 1 is 0.905 bits per heavy atom. The van der Waals surface area contributed by atoms with Crippen LogP contribution >= 0.6 is 0 Å². The van der Waals surface area contributed by atoms with Gasteiger partial charge < -0.3 is 4.90 Å². The van der Waals surface area contributed by atoms with Gasteiger partial charge in [-0.25, -0.2) is 0 Å². The second kappa shape index (κ2) is 7.49. The summed E-state index contributed by atoms with van der Waals surface area (Å²) in [4.78, 5) is 2.80. The second-order valence-corrected chi connectivity index (χ2v) is 9.00. The lowest BCUT2D eigenvalue weighted by molar-refractivity contribution is 0.129. The van der Waals surface area contributed by atoms with Gasteiger partial charge in [0, 0.05) is 0 Å². The average molecular weight is 294 g/mol. The van der Waals surface area contributed by atoms with Crippen molar-refractivity contribution in [2.24, 2.45) is 16.7 Å². The highest BCUT2D eigenvalue weighted by Gasteiger charge is 2.31. The maximum absolute atomic E-state index is 2.80. The molecule has 0 amide bonds. The molecule has 2 rings (SSSR count). The Kier molecular flexibility index (Phi) is 6.17. The first-order valence-electron chi connectivity index (χ1n) is 9.67. The molecule has 0 saturated carbocycles. The average Bonchev–Trinajstić information content (AvgIpc) is 2.50. The first-order valence-corrected chi connectivity index (χ1v) is 9.67. The number of hydrogen-bond acceptors (Lipinski definition) is 1. The maximum Gasteiger partial charge on any atom is -0.00135 e. The van der Waals surface area contributed by atoms with Gasteiger partial charge in [-0.15, -0.1) is 0 Å². The molecule has 2 aliphatic rings. The lowest BCUT2D eigenvalue weighted by Crippen LogP contribution is -2.34. The summed E-state index contributed by atoms with van der Waals surface area (Å²) in [6.45, 7) is 14.0. The van der Waals surface area contributed by atoms with Crippen LogP contribution in [0.1, 0.15) is 91.9 Å². The van der Waals surface area contributed by atoms with Crippen LogP contribution in [0.2, 0.25) is 0 Å². The van der Waals surface area contributed by atoms with Crippen LogP contribution in [0.15, 0.2) is 0 Å². The molecule has 2 fully saturated rings. The molecular formula is C20H39N. The maximum atomic E-state index is 2.80. The van der Waals surface area contributed by atoms with Crippen LogP contribution in [0.25, 0.3) is 0 Å². The lowest BCUT2D eigenvalue weighted by atomic mass is 9.72. The smallest absolute Gasteiger partial charge is 0.00135 e. The molecule has 0 aliphatic carbocycles.